The lowest BCUT2D eigenvalue weighted by Crippen LogP contribution is -2.35. The lowest BCUT2D eigenvalue weighted by atomic mass is 10.0. The zero-order valence-electron chi connectivity index (χ0n) is 11.9. The number of Topliss-reactive ketones (excluding diaryl/α,β-unsaturated/α-hetero) is 1. The van der Waals surface area contributed by atoms with Crippen LogP contribution in [0, 0.1) is 19.8 Å². The van der Waals surface area contributed by atoms with Crippen LogP contribution in [-0.2, 0) is 0 Å². The lowest BCUT2D eigenvalue weighted by molar-refractivity contribution is 0.0917. The molecule has 2 nitrogen and oxygen atoms in total. The zero-order chi connectivity index (χ0) is 13.3. The van der Waals surface area contributed by atoms with Crippen LogP contribution in [0.15, 0.2) is 18.2 Å². The molecule has 2 rings (SSSR count). The summed E-state index contributed by atoms with van der Waals surface area (Å²) in [7, 11) is 2.06. The van der Waals surface area contributed by atoms with Crippen LogP contribution in [0.2, 0.25) is 0 Å². The minimum absolute atomic E-state index is 0.230. The molecule has 0 amide bonds. The number of rotatable bonds is 5. The van der Waals surface area contributed by atoms with Crippen molar-refractivity contribution >= 4 is 5.78 Å². The van der Waals surface area contributed by atoms with E-state index in [1.54, 1.807) is 0 Å². The van der Waals surface area contributed by atoms with Gasteiger partial charge in [-0.1, -0.05) is 12.1 Å². The molecule has 1 unspecified atom stereocenters. The monoisotopic (exact) mass is 245 g/mol. The highest BCUT2D eigenvalue weighted by molar-refractivity contribution is 5.97. The molecule has 1 aromatic carbocycles. The van der Waals surface area contributed by atoms with Crippen molar-refractivity contribution in [3.63, 3.8) is 0 Å². The molecule has 0 saturated heterocycles. The van der Waals surface area contributed by atoms with Gasteiger partial charge < -0.3 is 0 Å². The highest BCUT2D eigenvalue weighted by atomic mass is 16.1. The van der Waals surface area contributed by atoms with Crippen LogP contribution in [0.3, 0.4) is 0 Å². The molecule has 18 heavy (non-hydrogen) atoms. The molecular formula is C16H23NO. The molecule has 0 spiro atoms. The summed E-state index contributed by atoms with van der Waals surface area (Å²) < 4.78 is 0. The van der Waals surface area contributed by atoms with E-state index in [1.807, 2.05) is 18.2 Å². The lowest BCUT2D eigenvalue weighted by Gasteiger charge is -2.23. The maximum atomic E-state index is 12.2. The molecule has 1 saturated carbocycles. The number of aryl methyl sites for hydroxylation is 2. The number of benzene rings is 1. The van der Waals surface area contributed by atoms with Crippen LogP contribution >= 0.6 is 0 Å². The SMILES string of the molecule is Cc1ccc(C(=O)CN(C)C(C)C2CC2)cc1C. The van der Waals surface area contributed by atoms with E-state index in [4.69, 9.17) is 0 Å². The number of carbonyl (C=O) groups is 1. The first-order valence-corrected chi connectivity index (χ1v) is 6.79. The number of ketones is 1. The molecule has 1 aliphatic rings. The van der Waals surface area contributed by atoms with Gasteiger partial charge in [-0.15, -0.1) is 0 Å². The second-order valence-corrected chi connectivity index (χ2v) is 5.72. The van der Waals surface area contributed by atoms with Crippen LogP contribution in [0.1, 0.15) is 41.3 Å². The molecule has 98 valence electrons. The third-order valence-electron chi connectivity index (χ3n) is 4.22. The van der Waals surface area contributed by atoms with Gasteiger partial charge in [-0.25, -0.2) is 0 Å². The predicted molar refractivity (Wildman–Crippen MR) is 75.1 cm³/mol. The Morgan fingerprint density at radius 1 is 1.33 bits per heavy atom. The summed E-state index contributed by atoms with van der Waals surface area (Å²) in [6.07, 6.45) is 2.65. The van der Waals surface area contributed by atoms with Crippen molar-refractivity contribution in [1.82, 2.24) is 4.90 Å². The van der Waals surface area contributed by atoms with Crippen molar-refractivity contribution in [2.45, 2.75) is 39.7 Å². The Hall–Kier alpha value is -1.15. The van der Waals surface area contributed by atoms with Crippen molar-refractivity contribution in [2.75, 3.05) is 13.6 Å². The Labute approximate surface area is 110 Å². The largest absolute Gasteiger partial charge is 0.296 e. The van der Waals surface area contributed by atoms with E-state index >= 15 is 0 Å². The summed E-state index contributed by atoms with van der Waals surface area (Å²) in [6.45, 7) is 6.89. The van der Waals surface area contributed by atoms with Crippen molar-refractivity contribution in [1.29, 1.82) is 0 Å². The molecule has 1 atom stereocenters. The molecular weight excluding hydrogens is 222 g/mol. The van der Waals surface area contributed by atoms with Gasteiger partial charge in [0.2, 0.25) is 0 Å². The first-order valence-electron chi connectivity index (χ1n) is 6.79. The maximum absolute atomic E-state index is 12.2. The van der Waals surface area contributed by atoms with E-state index in [-0.39, 0.29) is 5.78 Å². The Kier molecular flexibility index (Phi) is 3.86. The highest BCUT2D eigenvalue weighted by Crippen LogP contribution is 2.34. The van der Waals surface area contributed by atoms with Gasteiger partial charge in [-0.05, 0) is 63.8 Å². The second-order valence-electron chi connectivity index (χ2n) is 5.72. The smallest absolute Gasteiger partial charge is 0.176 e. The molecule has 2 heteroatoms. The van der Waals surface area contributed by atoms with Gasteiger partial charge in [-0.2, -0.15) is 0 Å². The number of hydrogen-bond acceptors (Lipinski definition) is 2. The molecule has 0 aromatic heterocycles. The van der Waals surface area contributed by atoms with E-state index in [1.165, 1.54) is 24.0 Å². The standard InChI is InChI=1S/C16H23NO/c1-11-5-6-15(9-12(11)2)16(18)10-17(4)13(3)14-7-8-14/h5-6,9,13-14H,7-8,10H2,1-4H3. The third-order valence-corrected chi connectivity index (χ3v) is 4.22. The van der Waals surface area contributed by atoms with Crippen molar-refractivity contribution in [2.24, 2.45) is 5.92 Å². The number of nitrogens with zero attached hydrogens (tertiary/aromatic N) is 1. The number of likely N-dealkylation sites (N-methyl/N-ethyl adjacent to an activating group) is 1. The maximum Gasteiger partial charge on any atom is 0.176 e. The molecule has 1 fully saturated rings. The van der Waals surface area contributed by atoms with Crippen molar-refractivity contribution < 1.29 is 4.79 Å². The fourth-order valence-corrected chi connectivity index (χ4v) is 2.32. The van der Waals surface area contributed by atoms with E-state index in [0.717, 1.165) is 11.5 Å². The van der Waals surface area contributed by atoms with E-state index in [2.05, 4.69) is 32.7 Å². The van der Waals surface area contributed by atoms with Gasteiger partial charge in [0.05, 0.1) is 6.54 Å². The summed E-state index contributed by atoms with van der Waals surface area (Å²) in [5.74, 6) is 1.04. The van der Waals surface area contributed by atoms with Gasteiger partial charge in [0.15, 0.2) is 5.78 Å². The Bertz CT molecular complexity index is 448. The Morgan fingerprint density at radius 2 is 2.00 bits per heavy atom. The fourth-order valence-electron chi connectivity index (χ4n) is 2.32. The second kappa shape index (κ2) is 5.23. The van der Waals surface area contributed by atoms with Gasteiger partial charge in [0.25, 0.3) is 0 Å². The predicted octanol–water partition coefficient (Wildman–Crippen LogP) is 3.22. The van der Waals surface area contributed by atoms with Gasteiger partial charge in [0.1, 0.15) is 0 Å². The summed E-state index contributed by atoms with van der Waals surface area (Å²) in [6, 6.07) is 6.51. The van der Waals surface area contributed by atoms with E-state index in [9.17, 15) is 4.79 Å². The average molecular weight is 245 g/mol. The summed E-state index contributed by atoms with van der Waals surface area (Å²) in [4.78, 5) is 14.4. The van der Waals surface area contributed by atoms with Gasteiger partial charge in [-0.3, -0.25) is 9.69 Å². The summed E-state index contributed by atoms with van der Waals surface area (Å²) in [5, 5.41) is 0. The minimum Gasteiger partial charge on any atom is -0.296 e. The van der Waals surface area contributed by atoms with E-state index in [0.29, 0.717) is 12.6 Å². The highest BCUT2D eigenvalue weighted by Gasteiger charge is 2.31. The normalized spacial score (nSPS) is 16.9. The minimum atomic E-state index is 0.230. The van der Waals surface area contributed by atoms with Crippen LogP contribution in [0.5, 0.6) is 0 Å². The van der Waals surface area contributed by atoms with Crippen LogP contribution in [0.25, 0.3) is 0 Å². The first kappa shape index (κ1) is 13.3. The molecule has 0 N–H and O–H groups in total. The Morgan fingerprint density at radius 3 is 2.56 bits per heavy atom. The van der Waals surface area contributed by atoms with Crippen molar-refractivity contribution in [3.05, 3.63) is 34.9 Å². The van der Waals surface area contributed by atoms with Crippen LogP contribution in [0.4, 0.5) is 0 Å². The van der Waals surface area contributed by atoms with Crippen molar-refractivity contribution in [3.8, 4) is 0 Å². The van der Waals surface area contributed by atoms with Gasteiger partial charge in [0, 0.05) is 11.6 Å². The van der Waals surface area contributed by atoms with Gasteiger partial charge >= 0.3 is 0 Å². The number of hydrogen-bond donors (Lipinski definition) is 0. The number of carbonyl (C=O) groups excluding carboxylic acids is 1. The summed E-state index contributed by atoms with van der Waals surface area (Å²) >= 11 is 0. The quantitative estimate of drug-likeness (QED) is 0.742. The topological polar surface area (TPSA) is 20.3 Å². The molecule has 0 bridgehead atoms. The average Bonchev–Trinajstić information content (AvgIpc) is 3.15. The molecule has 0 aliphatic heterocycles. The van der Waals surface area contributed by atoms with Crippen LogP contribution < -0.4 is 0 Å². The van der Waals surface area contributed by atoms with Crippen LogP contribution in [-0.4, -0.2) is 30.3 Å². The first-order chi connectivity index (χ1) is 8.49. The fraction of sp³-hybridized carbons (Fsp3) is 0.562. The molecule has 1 aliphatic carbocycles. The zero-order valence-corrected chi connectivity index (χ0v) is 11.9. The van der Waals surface area contributed by atoms with E-state index < -0.39 is 0 Å². The molecule has 1 aromatic rings. The molecule has 0 radical (unpaired) electrons. The Balaban J connectivity index is 2.00. The summed E-state index contributed by atoms with van der Waals surface area (Å²) in [5.41, 5.74) is 3.28. The third kappa shape index (κ3) is 2.99. The molecule has 0 heterocycles.